The van der Waals surface area contributed by atoms with Gasteiger partial charge < -0.3 is 0 Å². The lowest BCUT2D eigenvalue weighted by molar-refractivity contribution is 0.384. The van der Waals surface area contributed by atoms with E-state index in [1.807, 2.05) is 0 Å². The van der Waals surface area contributed by atoms with Crippen molar-refractivity contribution < 1.29 is 0 Å². The second kappa shape index (κ2) is 7.01. The van der Waals surface area contributed by atoms with Gasteiger partial charge in [0.25, 0.3) is 0 Å². The van der Waals surface area contributed by atoms with E-state index in [1.54, 1.807) is 0 Å². The van der Waals surface area contributed by atoms with E-state index in [0.29, 0.717) is 5.92 Å². The number of hydrogen-bond donors (Lipinski definition) is 0. The van der Waals surface area contributed by atoms with Crippen LogP contribution in [-0.4, -0.2) is 0 Å². The number of rotatable bonds is 4. The molecule has 0 radical (unpaired) electrons. The molecule has 0 saturated heterocycles. The molecule has 0 bridgehead atoms. The SMILES string of the molecule is CC(C)C#CCCC[C@H](C)C(C)C. The molecular weight excluding hydrogens is 156 g/mol. The summed E-state index contributed by atoms with van der Waals surface area (Å²) < 4.78 is 0. The summed E-state index contributed by atoms with van der Waals surface area (Å²) in [7, 11) is 0. The van der Waals surface area contributed by atoms with E-state index in [2.05, 4.69) is 46.5 Å². The van der Waals surface area contributed by atoms with Gasteiger partial charge in [0.15, 0.2) is 0 Å². The number of hydrogen-bond acceptors (Lipinski definition) is 0. The minimum atomic E-state index is 0.530. The highest BCUT2D eigenvalue weighted by molar-refractivity contribution is 5.00. The first kappa shape index (κ1) is 12.6. The van der Waals surface area contributed by atoms with Gasteiger partial charge in [-0.15, -0.1) is 11.8 Å². The van der Waals surface area contributed by atoms with E-state index in [9.17, 15) is 0 Å². The zero-order valence-electron chi connectivity index (χ0n) is 9.85. The van der Waals surface area contributed by atoms with Crippen LogP contribution >= 0.6 is 0 Å². The highest BCUT2D eigenvalue weighted by Gasteiger charge is 2.05. The van der Waals surface area contributed by atoms with E-state index in [1.165, 1.54) is 12.8 Å². The van der Waals surface area contributed by atoms with Crippen LogP contribution in [0.5, 0.6) is 0 Å². The summed E-state index contributed by atoms with van der Waals surface area (Å²) in [6.45, 7) is 11.2. The molecule has 0 saturated carbocycles. The highest BCUT2D eigenvalue weighted by Crippen LogP contribution is 2.16. The van der Waals surface area contributed by atoms with Gasteiger partial charge >= 0.3 is 0 Å². The van der Waals surface area contributed by atoms with Gasteiger partial charge in [0.1, 0.15) is 0 Å². The lowest BCUT2D eigenvalue weighted by atomic mass is 9.93. The Morgan fingerprint density at radius 2 is 1.62 bits per heavy atom. The van der Waals surface area contributed by atoms with Crippen LogP contribution < -0.4 is 0 Å². The van der Waals surface area contributed by atoms with Crippen LogP contribution in [0.4, 0.5) is 0 Å². The Kier molecular flexibility index (Phi) is 6.77. The Balaban J connectivity index is 3.42. The largest absolute Gasteiger partial charge is 0.103 e. The van der Waals surface area contributed by atoms with Gasteiger partial charge in [-0.25, -0.2) is 0 Å². The Morgan fingerprint density at radius 1 is 1.00 bits per heavy atom. The van der Waals surface area contributed by atoms with Crippen molar-refractivity contribution in [3.8, 4) is 11.8 Å². The Hall–Kier alpha value is -0.440. The minimum absolute atomic E-state index is 0.530. The van der Waals surface area contributed by atoms with Crippen LogP contribution in [0, 0.1) is 29.6 Å². The molecule has 76 valence electrons. The molecule has 0 aromatic carbocycles. The lowest BCUT2D eigenvalue weighted by Gasteiger charge is -2.13. The Morgan fingerprint density at radius 3 is 2.08 bits per heavy atom. The third kappa shape index (κ3) is 7.91. The van der Waals surface area contributed by atoms with E-state index in [4.69, 9.17) is 0 Å². The molecule has 0 spiro atoms. The van der Waals surface area contributed by atoms with Gasteiger partial charge in [0.2, 0.25) is 0 Å². The van der Waals surface area contributed by atoms with Crippen LogP contribution in [0.15, 0.2) is 0 Å². The topological polar surface area (TPSA) is 0 Å². The molecule has 0 aromatic heterocycles. The normalized spacial score (nSPS) is 12.8. The van der Waals surface area contributed by atoms with Crippen LogP contribution in [0.3, 0.4) is 0 Å². The third-order valence-electron chi connectivity index (χ3n) is 2.49. The van der Waals surface area contributed by atoms with Crippen molar-refractivity contribution in [2.24, 2.45) is 17.8 Å². The molecule has 0 aliphatic rings. The first-order chi connectivity index (χ1) is 6.04. The molecule has 0 nitrogen and oxygen atoms in total. The molecule has 0 heteroatoms. The van der Waals surface area contributed by atoms with Crippen LogP contribution in [0.1, 0.15) is 53.9 Å². The van der Waals surface area contributed by atoms with E-state index in [0.717, 1.165) is 18.3 Å². The van der Waals surface area contributed by atoms with Crippen molar-refractivity contribution in [2.75, 3.05) is 0 Å². The summed E-state index contributed by atoms with van der Waals surface area (Å²) in [6, 6.07) is 0. The van der Waals surface area contributed by atoms with Crippen molar-refractivity contribution in [1.82, 2.24) is 0 Å². The van der Waals surface area contributed by atoms with Crippen LogP contribution in [-0.2, 0) is 0 Å². The number of unbranched alkanes of at least 4 members (excludes halogenated alkanes) is 1. The summed E-state index contributed by atoms with van der Waals surface area (Å²) in [5.74, 6) is 8.62. The zero-order chi connectivity index (χ0) is 10.3. The van der Waals surface area contributed by atoms with Gasteiger partial charge in [-0.2, -0.15) is 0 Å². The van der Waals surface area contributed by atoms with Crippen molar-refractivity contribution in [2.45, 2.75) is 53.9 Å². The molecule has 0 amide bonds. The second-order valence-electron chi connectivity index (χ2n) is 4.59. The summed E-state index contributed by atoms with van der Waals surface area (Å²) in [4.78, 5) is 0. The highest BCUT2D eigenvalue weighted by atomic mass is 14.1. The van der Waals surface area contributed by atoms with Gasteiger partial charge in [-0.3, -0.25) is 0 Å². The molecule has 0 aromatic rings. The lowest BCUT2D eigenvalue weighted by Crippen LogP contribution is -2.02. The molecule has 0 heterocycles. The quantitative estimate of drug-likeness (QED) is 0.451. The van der Waals surface area contributed by atoms with Crippen LogP contribution in [0.2, 0.25) is 0 Å². The van der Waals surface area contributed by atoms with E-state index < -0.39 is 0 Å². The third-order valence-corrected chi connectivity index (χ3v) is 2.49. The first-order valence-corrected chi connectivity index (χ1v) is 5.52. The van der Waals surface area contributed by atoms with E-state index in [-0.39, 0.29) is 0 Å². The minimum Gasteiger partial charge on any atom is -0.103 e. The molecule has 0 unspecified atom stereocenters. The fraction of sp³-hybridized carbons (Fsp3) is 0.846. The maximum absolute atomic E-state index is 3.23. The molecule has 0 aliphatic heterocycles. The smallest absolute Gasteiger partial charge is 0.0146 e. The molecule has 0 aliphatic carbocycles. The van der Waals surface area contributed by atoms with Crippen molar-refractivity contribution in [3.63, 3.8) is 0 Å². The van der Waals surface area contributed by atoms with Crippen molar-refractivity contribution in [1.29, 1.82) is 0 Å². The molecule has 1 atom stereocenters. The Bertz CT molecular complexity index is 166. The van der Waals surface area contributed by atoms with Gasteiger partial charge in [-0.1, -0.05) is 34.6 Å². The summed E-state index contributed by atoms with van der Waals surface area (Å²) in [5.41, 5.74) is 0. The standard InChI is InChI=1S/C13H24/c1-11(2)9-7-6-8-10-13(5)12(3)4/h11-13H,6,8,10H2,1-5H3/t13-/m0/s1. The fourth-order valence-electron chi connectivity index (χ4n) is 1.12. The summed E-state index contributed by atoms with van der Waals surface area (Å²) in [5, 5.41) is 0. The van der Waals surface area contributed by atoms with Crippen molar-refractivity contribution in [3.05, 3.63) is 0 Å². The average molecular weight is 180 g/mol. The summed E-state index contributed by atoms with van der Waals surface area (Å²) in [6.07, 6.45) is 3.67. The fourth-order valence-corrected chi connectivity index (χ4v) is 1.12. The Labute approximate surface area is 84.1 Å². The predicted octanol–water partition coefficient (Wildman–Crippen LogP) is 4.11. The summed E-state index contributed by atoms with van der Waals surface area (Å²) >= 11 is 0. The first-order valence-electron chi connectivity index (χ1n) is 5.52. The molecule has 0 rings (SSSR count). The maximum Gasteiger partial charge on any atom is 0.0146 e. The van der Waals surface area contributed by atoms with Gasteiger partial charge in [-0.05, 0) is 24.7 Å². The second-order valence-corrected chi connectivity index (χ2v) is 4.59. The van der Waals surface area contributed by atoms with Gasteiger partial charge in [0, 0.05) is 12.3 Å². The van der Waals surface area contributed by atoms with Gasteiger partial charge in [0.05, 0.1) is 0 Å². The molecular formula is C13H24. The molecule has 13 heavy (non-hydrogen) atoms. The van der Waals surface area contributed by atoms with E-state index >= 15 is 0 Å². The molecule has 0 fully saturated rings. The molecule has 0 N–H and O–H groups in total. The van der Waals surface area contributed by atoms with Crippen molar-refractivity contribution >= 4 is 0 Å². The average Bonchev–Trinajstić information content (AvgIpc) is 2.02. The zero-order valence-corrected chi connectivity index (χ0v) is 9.85. The van der Waals surface area contributed by atoms with Crippen LogP contribution in [0.25, 0.3) is 0 Å². The predicted molar refractivity (Wildman–Crippen MR) is 60.5 cm³/mol. The monoisotopic (exact) mass is 180 g/mol. The maximum atomic E-state index is 3.23.